The second-order valence-electron chi connectivity index (χ2n) is 3.44. The van der Waals surface area contributed by atoms with Gasteiger partial charge >= 0.3 is 0 Å². The van der Waals surface area contributed by atoms with Crippen LogP contribution in [0.15, 0.2) is 30.3 Å². The van der Waals surface area contributed by atoms with Crippen molar-refractivity contribution < 1.29 is 10.2 Å². The number of benzene rings is 1. The van der Waals surface area contributed by atoms with Crippen molar-refractivity contribution >= 4 is 12.4 Å². The van der Waals surface area contributed by atoms with E-state index in [1.165, 1.54) is 5.56 Å². The van der Waals surface area contributed by atoms with Crippen molar-refractivity contribution in [3.63, 3.8) is 0 Å². The molecule has 0 radical (unpaired) electrons. The number of aliphatic hydroxyl groups excluding tert-OH is 2. The summed E-state index contributed by atoms with van der Waals surface area (Å²) in [7, 11) is 0. The van der Waals surface area contributed by atoms with E-state index in [1.54, 1.807) is 0 Å². The number of hydrogen-bond acceptors (Lipinski definition) is 3. The van der Waals surface area contributed by atoms with Gasteiger partial charge in [-0.1, -0.05) is 30.3 Å². The molecule has 0 aliphatic rings. The molecule has 0 aliphatic carbocycles. The van der Waals surface area contributed by atoms with Crippen LogP contribution in [0.25, 0.3) is 0 Å². The van der Waals surface area contributed by atoms with Crippen LogP contribution in [-0.2, 0) is 6.42 Å². The molecule has 86 valence electrons. The van der Waals surface area contributed by atoms with E-state index in [2.05, 4.69) is 0 Å². The fourth-order valence-electron chi connectivity index (χ4n) is 1.29. The molecular weight excluding hydrogens is 214 g/mol. The van der Waals surface area contributed by atoms with Gasteiger partial charge in [0.2, 0.25) is 0 Å². The van der Waals surface area contributed by atoms with Gasteiger partial charge in [0.05, 0.1) is 18.8 Å². The number of rotatable bonds is 5. The van der Waals surface area contributed by atoms with Gasteiger partial charge in [0, 0.05) is 0 Å². The van der Waals surface area contributed by atoms with Crippen molar-refractivity contribution in [3.8, 4) is 0 Å². The molecule has 1 aromatic carbocycles. The van der Waals surface area contributed by atoms with Gasteiger partial charge in [-0.2, -0.15) is 0 Å². The average molecular weight is 232 g/mol. The highest BCUT2D eigenvalue weighted by Gasteiger charge is 2.12. The molecule has 0 bridgehead atoms. The molecular formula is C11H18ClNO2. The van der Waals surface area contributed by atoms with E-state index in [0.29, 0.717) is 6.42 Å². The predicted molar refractivity (Wildman–Crippen MR) is 63.1 cm³/mol. The lowest BCUT2D eigenvalue weighted by atomic mass is 10.0. The normalized spacial score (nSPS) is 14.1. The molecule has 0 amide bonds. The minimum atomic E-state index is -0.625. The van der Waals surface area contributed by atoms with Crippen molar-refractivity contribution in [1.82, 2.24) is 0 Å². The minimum absolute atomic E-state index is 0. The summed E-state index contributed by atoms with van der Waals surface area (Å²) < 4.78 is 0. The third-order valence-electron chi connectivity index (χ3n) is 2.28. The Balaban J connectivity index is 0.00000196. The van der Waals surface area contributed by atoms with E-state index in [4.69, 9.17) is 10.8 Å². The number of halogens is 1. The topological polar surface area (TPSA) is 66.5 Å². The van der Waals surface area contributed by atoms with Crippen LogP contribution in [0.5, 0.6) is 0 Å². The molecule has 0 saturated carbocycles. The van der Waals surface area contributed by atoms with Gasteiger partial charge in [-0.15, -0.1) is 12.4 Å². The summed E-state index contributed by atoms with van der Waals surface area (Å²) in [5.74, 6) is 0. The minimum Gasteiger partial charge on any atom is -0.395 e. The fourth-order valence-corrected chi connectivity index (χ4v) is 1.29. The first-order valence-electron chi connectivity index (χ1n) is 4.82. The summed E-state index contributed by atoms with van der Waals surface area (Å²) in [4.78, 5) is 0. The molecule has 3 nitrogen and oxygen atoms in total. The molecule has 0 fully saturated rings. The first kappa shape index (κ1) is 14.4. The molecule has 0 spiro atoms. The van der Waals surface area contributed by atoms with Crippen LogP contribution in [0.1, 0.15) is 12.0 Å². The lowest BCUT2D eigenvalue weighted by molar-refractivity contribution is 0.102. The predicted octanol–water partition coefficient (Wildman–Crippen LogP) is 0.721. The van der Waals surface area contributed by atoms with Gasteiger partial charge in [0.15, 0.2) is 0 Å². The molecule has 1 aromatic rings. The van der Waals surface area contributed by atoms with Crippen LogP contribution in [0, 0.1) is 0 Å². The third-order valence-corrected chi connectivity index (χ3v) is 2.28. The molecule has 15 heavy (non-hydrogen) atoms. The van der Waals surface area contributed by atoms with Crippen LogP contribution in [0.3, 0.4) is 0 Å². The maximum Gasteiger partial charge on any atom is 0.0716 e. The SMILES string of the molecule is Cl.NC(CO)C(O)CCc1ccccc1. The number of hydrogen-bond donors (Lipinski definition) is 3. The van der Waals surface area contributed by atoms with Crippen LogP contribution >= 0.6 is 12.4 Å². The van der Waals surface area contributed by atoms with E-state index in [9.17, 15) is 5.11 Å². The zero-order valence-corrected chi connectivity index (χ0v) is 9.36. The van der Waals surface area contributed by atoms with Crippen molar-refractivity contribution in [2.45, 2.75) is 25.0 Å². The summed E-state index contributed by atoms with van der Waals surface area (Å²) in [5.41, 5.74) is 6.66. The van der Waals surface area contributed by atoms with E-state index in [0.717, 1.165) is 6.42 Å². The second kappa shape index (κ2) is 7.65. The Hall–Kier alpha value is -0.610. The standard InChI is InChI=1S/C11H17NO2.ClH/c12-10(8-13)11(14)7-6-9-4-2-1-3-5-9;/h1-5,10-11,13-14H,6-8,12H2;1H. The largest absolute Gasteiger partial charge is 0.395 e. The molecule has 2 atom stereocenters. The molecule has 0 heterocycles. The monoisotopic (exact) mass is 231 g/mol. The Kier molecular flexibility index (Phi) is 7.34. The van der Waals surface area contributed by atoms with E-state index in [1.807, 2.05) is 30.3 Å². The van der Waals surface area contributed by atoms with Gasteiger partial charge in [-0.05, 0) is 18.4 Å². The Morgan fingerprint density at radius 2 is 1.80 bits per heavy atom. The molecule has 4 heteroatoms. The van der Waals surface area contributed by atoms with E-state index < -0.39 is 12.1 Å². The van der Waals surface area contributed by atoms with Crippen molar-refractivity contribution in [3.05, 3.63) is 35.9 Å². The molecule has 0 saturated heterocycles. The van der Waals surface area contributed by atoms with E-state index >= 15 is 0 Å². The zero-order chi connectivity index (χ0) is 10.4. The van der Waals surface area contributed by atoms with Crippen LogP contribution < -0.4 is 5.73 Å². The summed E-state index contributed by atoms with van der Waals surface area (Å²) in [6, 6.07) is 9.38. The van der Waals surface area contributed by atoms with Crippen molar-refractivity contribution in [2.75, 3.05) is 6.61 Å². The van der Waals surface area contributed by atoms with Crippen molar-refractivity contribution in [1.29, 1.82) is 0 Å². The number of aliphatic hydroxyl groups is 2. The Bertz CT molecular complexity index is 256. The first-order valence-corrected chi connectivity index (χ1v) is 4.82. The van der Waals surface area contributed by atoms with Crippen molar-refractivity contribution in [2.24, 2.45) is 5.73 Å². The summed E-state index contributed by atoms with van der Waals surface area (Å²) >= 11 is 0. The summed E-state index contributed by atoms with van der Waals surface area (Å²) in [6.07, 6.45) is 0.752. The zero-order valence-electron chi connectivity index (χ0n) is 8.54. The first-order chi connectivity index (χ1) is 6.74. The highest BCUT2D eigenvalue weighted by molar-refractivity contribution is 5.85. The average Bonchev–Trinajstić information content (AvgIpc) is 2.26. The van der Waals surface area contributed by atoms with Crippen LogP contribution in [0.4, 0.5) is 0 Å². The molecule has 1 rings (SSSR count). The van der Waals surface area contributed by atoms with Crippen LogP contribution in [-0.4, -0.2) is 29.0 Å². The molecule has 4 N–H and O–H groups in total. The molecule has 0 aliphatic heterocycles. The lowest BCUT2D eigenvalue weighted by Crippen LogP contribution is -2.38. The number of aryl methyl sites for hydroxylation is 1. The Morgan fingerprint density at radius 1 is 1.20 bits per heavy atom. The van der Waals surface area contributed by atoms with Gasteiger partial charge in [-0.3, -0.25) is 0 Å². The molecule has 0 aromatic heterocycles. The van der Waals surface area contributed by atoms with Gasteiger partial charge in [0.1, 0.15) is 0 Å². The van der Waals surface area contributed by atoms with Crippen LogP contribution in [0.2, 0.25) is 0 Å². The summed E-state index contributed by atoms with van der Waals surface area (Å²) in [5, 5.41) is 18.2. The third kappa shape index (κ3) is 5.14. The smallest absolute Gasteiger partial charge is 0.0716 e. The second-order valence-corrected chi connectivity index (χ2v) is 3.44. The van der Waals surface area contributed by atoms with Gasteiger partial charge in [0.25, 0.3) is 0 Å². The van der Waals surface area contributed by atoms with Gasteiger partial charge in [-0.25, -0.2) is 0 Å². The lowest BCUT2D eigenvalue weighted by Gasteiger charge is -2.15. The van der Waals surface area contributed by atoms with Gasteiger partial charge < -0.3 is 15.9 Å². The van der Waals surface area contributed by atoms with E-state index in [-0.39, 0.29) is 19.0 Å². The highest BCUT2D eigenvalue weighted by Crippen LogP contribution is 2.06. The Morgan fingerprint density at radius 3 is 2.33 bits per heavy atom. The summed E-state index contributed by atoms with van der Waals surface area (Å²) in [6.45, 7) is -0.171. The maximum atomic E-state index is 9.49. The number of nitrogens with two attached hydrogens (primary N) is 1. The molecule has 2 unspecified atom stereocenters. The Labute approximate surface area is 96.3 Å². The quantitative estimate of drug-likeness (QED) is 0.700. The maximum absolute atomic E-state index is 9.49. The highest BCUT2D eigenvalue weighted by atomic mass is 35.5. The fraction of sp³-hybridized carbons (Fsp3) is 0.455.